The molecule has 0 spiro atoms. The first-order chi connectivity index (χ1) is 5.33. The van der Waals surface area contributed by atoms with Crippen molar-refractivity contribution in [2.75, 3.05) is 0 Å². The number of pyridine rings is 1. The molecule has 0 aliphatic heterocycles. The molecule has 1 rings (SSSR count). The summed E-state index contributed by atoms with van der Waals surface area (Å²) in [6.07, 6.45) is 8.62. The lowest BCUT2D eigenvalue weighted by Gasteiger charge is -1.96. The molecule has 0 aromatic carbocycles. The van der Waals surface area contributed by atoms with Crippen molar-refractivity contribution in [3.05, 3.63) is 29.6 Å². The Hall–Kier alpha value is -1.29. The number of hydrogen-bond acceptors (Lipinski definition) is 1. The molecule has 0 bridgehead atoms. The second kappa shape index (κ2) is 3.78. The Balaban J connectivity index is 2.65. The zero-order valence-corrected chi connectivity index (χ0v) is 6.67. The fraction of sp³-hybridized carbons (Fsp3) is 0.300. The van der Waals surface area contributed by atoms with Gasteiger partial charge in [0.15, 0.2) is 0 Å². The van der Waals surface area contributed by atoms with E-state index >= 15 is 0 Å². The summed E-state index contributed by atoms with van der Waals surface area (Å²) in [5.74, 6) is 2.60. The third-order valence-corrected chi connectivity index (χ3v) is 1.50. The predicted molar refractivity (Wildman–Crippen MR) is 46.1 cm³/mol. The molecule has 56 valence electrons. The van der Waals surface area contributed by atoms with Crippen molar-refractivity contribution >= 4 is 0 Å². The van der Waals surface area contributed by atoms with Gasteiger partial charge in [0.2, 0.25) is 0 Å². The highest BCUT2D eigenvalue weighted by Gasteiger charge is 1.91. The number of terminal acetylenes is 1. The summed E-state index contributed by atoms with van der Waals surface area (Å²) in [7, 11) is 0. The molecule has 0 N–H and O–H groups in total. The molecule has 1 aromatic rings. The van der Waals surface area contributed by atoms with Gasteiger partial charge in [0.1, 0.15) is 0 Å². The van der Waals surface area contributed by atoms with Gasteiger partial charge < -0.3 is 0 Å². The fourth-order valence-corrected chi connectivity index (χ4v) is 0.936. The average molecular weight is 145 g/mol. The maximum absolute atomic E-state index is 5.14. The molecule has 0 radical (unpaired) electrons. The van der Waals surface area contributed by atoms with E-state index < -0.39 is 0 Å². The van der Waals surface area contributed by atoms with E-state index in [4.69, 9.17) is 6.42 Å². The number of aromatic nitrogens is 1. The van der Waals surface area contributed by atoms with Crippen LogP contribution in [0.15, 0.2) is 18.3 Å². The molecule has 1 heterocycles. The first-order valence-electron chi connectivity index (χ1n) is 3.68. The summed E-state index contributed by atoms with van der Waals surface area (Å²) in [5, 5.41) is 0. The molecule has 11 heavy (non-hydrogen) atoms. The number of nitrogens with zero attached hydrogens (tertiary/aromatic N) is 1. The molecule has 0 saturated heterocycles. The van der Waals surface area contributed by atoms with Crippen LogP contribution in [0.1, 0.15) is 17.7 Å². The number of rotatable bonds is 2. The van der Waals surface area contributed by atoms with Crippen LogP contribution in [-0.4, -0.2) is 4.98 Å². The highest BCUT2D eigenvalue weighted by Crippen LogP contribution is 2.01. The van der Waals surface area contributed by atoms with Gasteiger partial charge in [-0.15, -0.1) is 12.3 Å². The molecule has 0 amide bonds. The van der Waals surface area contributed by atoms with Crippen LogP contribution in [-0.2, 0) is 6.42 Å². The van der Waals surface area contributed by atoms with E-state index in [9.17, 15) is 0 Å². The van der Waals surface area contributed by atoms with Crippen LogP contribution in [0.2, 0.25) is 0 Å². The number of aryl methyl sites for hydroxylation is 2. The Bertz CT molecular complexity index is 270. The van der Waals surface area contributed by atoms with E-state index in [0.29, 0.717) is 0 Å². The second-order valence-electron chi connectivity index (χ2n) is 2.53. The van der Waals surface area contributed by atoms with E-state index in [-0.39, 0.29) is 0 Å². The lowest BCUT2D eigenvalue weighted by Crippen LogP contribution is -1.88. The Labute approximate surface area is 67.5 Å². The van der Waals surface area contributed by atoms with E-state index in [1.54, 1.807) is 0 Å². The third-order valence-electron chi connectivity index (χ3n) is 1.50. The quantitative estimate of drug-likeness (QED) is 0.580. The molecule has 0 atom stereocenters. The normalized spacial score (nSPS) is 9.09. The van der Waals surface area contributed by atoms with Crippen molar-refractivity contribution in [1.82, 2.24) is 4.98 Å². The monoisotopic (exact) mass is 145 g/mol. The van der Waals surface area contributed by atoms with Crippen molar-refractivity contribution in [1.29, 1.82) is 0 Å². The second-order valence-corrected chi connectivity index (χ2v) is 2.53. The van der Waals surface area contributed by atoms with Crippen LogP contribution in [0.25, 0.3) is 0 Å². The summed E-state index contributed by atoms with van der Waals surface area (Å²) in [5.41, 5.74) is 2.33. The summed E-state index contributed by atoms with van der Waals surface area (Å²) < 4.78 is 0. The fourth-order valence-electron chi connectivity index (χ4n) is 0.936. The van der Waals surface area contributed by atoms with E-state index in [0.717, 1.165) is 18.5 Å². The molecule has 1 aromatic heterocycles. The van der Waals surface area contributed by atoms with Crippen molar-refractivity contribution in [3.8, 4) is 12.3 Å². The Kier molecular flexibility index (Phi) is 2.68. The maximum Gasteiger partial charge on any atom is 0.0415 e. The van der Waals surface area contributed by atoms with Crippen LogP contribution < -0.4 is 0 Å². The standard InChI is InChI=1S/C10H11N/c1-3-4-5-10-8-9(2)6-7-11-10/h1,6-8H,4-5H2,2H3. The smallest absolute Gasteiger partial charge is 0.0415 e. The highest BCUT2D eigenvalue weighted by molar-refractivity contribution is 5.15. The molecule has 0 fully saturated rings. The van der Waals surface area contributed by atoms with Gasteiger partial charge in [-0.05, 0) is 24.6 Å². The van der Waals surface area contributed by atoms with E-state index in [1.165, 1.54) is 5.56 Å². The Morgan fingerprint density at radius 3 is 3.09 bits per heavy atom. The van der Waals surface area contributed by atoms with Crippen LogP contribution in [0.3, 0.4) is 0 Å². The van der Waals surface area contributed by atoms with Crippen molar-refractivity contribution < 1.29 is 0 Å². The van der Waals surface area contributed by atoms with Crippen LogP contribution in [0.4, 0.5) is 0 Å². The Morgan fingerprint density at radius 2 is 2.45 bits per heavy atom. The molecule has 1 heteroatoms. The summed E-state index contributed by atoms with van der Waals surface area (Å²) in [4.78, 5) is 4.18. The topological polar surface area (TPSA) is 12.9 Å². The van der Waals surface area contributed by atoms with Crippen molar-refractivity contribution in [2.24, 2.45) is 0 Å². The van der Waals surface area contributed by atoms with Gasteiger partial charge in [-0.25, -0.2) is 0 Å². The molecule has 1 nitrogen and oxygen atoms in total. The van der Waals surface area contributed by atoms with Gasteiger partial charge in [0.05, 0.1) is 0 Å². The summed E-state index contributed by atoms with van der Waals surface area (Å²) in [6.45, 7) is 2.06. The average Bonchev–Trinajstić information content (AvgIpc) is 2.01. The summed E-state index contributed by atoms with van der Waals surface area (Å²) >= 11 is 0. The molecule has 0 aliphatic rings. The minimum Gasteiger partial charge on any atom is -0.261 e. The minimum atomic E-state index is 0.774. The maximum atomic E-state index is 5.14. The lowest BCUT2D eigenvalue weighted by atomic mass is 10.2. The van der Waals surface area contributed by atoms with Crippen LogP contribution in [0, 0.1) is 19.3 Å². The van der Waals surface area contributed by atoms with Gasteiger partial charge >= 0.3 is 0 Å². The molecule has 0 saturated carbocycles. The number of hydrogen-bond donors (Lipinski definition) is 0. The zero-order chi connectivity index (χ0) is 8.10. The molecular weight excluding hydrogens is 134 g/mol. The zero-order valence-electron chi connectivity index (χ0n) is 6.67. The predicted octanol–water partition coefficient (Wildman–Crippen LogP) is 1.96. The largest absolute Gasteiger partial charge is 0.261 e. The highest BCUT2D eigenvalue weighted by atomic mass is 14.7. The van der Waals surface area contributed by atoms with E-state index in [1.807, 2.05) is 12.3 Å². The van der Waals surface area contributed by atoms with Gasteiger partial charge in [0.25, 0.3) is 0 Å². The first-order valence-corrected chi connectivity index (χ1v) is 3.68. The van der Waals surface area contributed by atoms with Gasteiger partial charge in [-0.3, -0.25) is 4.98 Å². The molecule has 0 aliphatic carbocycles. The van der Waals surface area contributed by atoms with Gasteiger partial charge in [0, 0.05) is 24.7 Å². The third kappa shape index (κ3) is 2.43. The SMILES string of the molecule is C#CCCc1cc(C)ccn1. The van der Waals surface area contributed by atoms with Crippen LogP contribution >= 0.6 is 0 Å². The van der Waals surface area contributed by atoms with Crippen LogP contribution in [0.5, 0.6) is 0 Å². The summed E-state index contributed by atoms with van der Waals surface area (Å²) in [6, 6.07) is 4.05. The molecular formula is C10H11N. The van der Waals surface area contributed by atoms with E-state index in [2.05, 4.69) is 23.9 Å². The van der Waals surface area contributed by atoms with Gasteiger partial charge in [-0.1, -0.05) is 0 Å². The molecule has 0 unspecified atom stereocenters. The Morgan fingerprint density at radius 1 is 1.64 bits per heavy atom. The van der Waals surface area contributed by atoms with Gasteiger partial charge in [-0.2, -0.15) is 0 Å². The van der Waals surface area contributed by atoms with Crippen molar-refractivity contribution in [3.63, 3.8) is 0 Å². The lowest BCUT2D eigenvalue weighted by molar-refractivity contribution is 0.958. The first kappa shape index (κ1) is 7.81. The van der Waals surface area contributed by atoms with Crippen molar-refractivity contribution in [2.45, 2.75) is 19.8 Å². The minimum absolute atomic E-state index is 0.774.